The summed E-state index contributed by atoms with van der Waals surface area (Å²) in [6.07, 6.45) is 0. The van der Waals surface area contributed by atoms with E-state index in [0.717, 1.165) is 15.6 Å². The minimum atomic E-state index is -1.29. The first kappa shape index (κ1) is 15.7. The van der Waals surface area contributed by atoms with Crippen molar-refractivity contribution in [1.82, 2.24) is 0 Å². The van der Waals surface area contributed by atoms with Crippen LogP contribution in [0.3, 0.4) is 0 Å². The van der Waals surface area contributed by atoms with E-state index in [-0.39, 0.29) is 11.4 Å². The molecule has 0 radical (unpaired) electrons. The van der Waals surface area contributed by atoms with Gasteiger partial charge in [0.15, 0.2) is 0 Å². The molecule has 1 aromatic rings. The number of benzene rings is 1. The van der Waals surface area contributed by atoms with Gasteiger partial charge in [-0.1, -0.05) is 26.4 Å². The maximum Gasteiger partial charge on any atom is 0.144 e. The first-order valence-electron chi connectivity index (χ1n) is 5.62. The van der Waals surface area contributed by atoms with E-state index < -0.39 is 11.4 Å². The average molecular weight is 332 g/mol. The summed E-state index contributed by atoms with van der Waals surface area (Å²) >= 11 is 2.07. The molecule has 18 heavy (non-hydrogen) atoms. The Morgan fingerprint density at radius 1 is 1.44 bits per heavy atom. The van der Waals surface area contributed by atoms with Crippen LogP contribution >= 0.6 is 15.9 Å². The normalized spacial score (nSPS) is 14.7. The molecule has 3 nitrogen and oxygen atoms in total. The number of rotatable bonds is 3. The standard InChI is InChI=1S/C13H18BrNO2S/c1-9(15-18(17)13(2,3)4)12-6-5-11(14)7-10(12)8-16/h5-7,16H,8H2,1-4H3. The van der Waals surface area contributed by atoms with Crippen LogP contribution in [0.1, 0.15) is 38.8 Å². The zero-order chi connectivity index (χ0) is 13.9. The first-order chi connectivity index (χ1) is 8.25. The molecule has 0 spiro atoms. The van der Waals surface area contributed by atoms with Gasteiger partial charge in [-0.25, -0.2) is 0 Å². The Morgan fingerprint density at radius 3 is 2.56 bits per heavy atom. The van der Waals surface area contributed by atoms with Crippen molar-refractivity contribution >= 4 is 33.0 Å². The SMILES string of the molecule is CC(=N[S+]([O-])C(C)(C)C)c1ccc(Br)cc1CO. The molecule has 0 aliphatic rings. The smallest absolute Gasteiger partial charge is 0.144 e. The van der Waals surface area contributed by atoms with E-state index in [9.17, 15) is 9.66 Å². The van der Waals surface area contributed by atoms with Gasteiger partial charge in [0, 0.05) is 10.0 Å². The second-order valence-electron chi connectivity index (χ2n) is 5.00. The summed E-state index contributed by atoms with van der Waals surface area (Å²) < 4.78 is 16.7. The van der Waals surface area contributed by atoms with Gasteiger partial charge >= 0.3 is 0 Å². The fourth-order valence-electron chi connectivity index (χ4n) is 1.36. The van der Waals surface area contributed by atoms with Gasteiger partial charge in [0.1, 0.15) is 16.1 Å². The van der Waals surface area contributed by atoms with Crippen molar-refractivity contribution in [2.45, 2.75) is 39.0 Å². The van der Waals surface area contributed by atoms with Crippen molar-refractivity contribution in [3.05, 3.63) is 33.8 Å². The quantitative estimate of drug-likeness (QED) is 0.683. The van der Waals surface area contributed by atoms with Gasteiger partial charge in [-0.05, 0) is 45.4 Å². The Morgan fingerprint density at radius 2 is 2.06 bits per heavy atom. The van der Waals surface area contributed by atoms with Gasteiger partial charge in [0.2, 0.25) is 0 Å². The predicted octanol–water partition coefficient (Wildman–Crippen LogP) is 3.21. The monoisotopic (exact) mass is 331 g/mol. The van der Waals surface area contributed by atoms with Crippen LogP contribution in [0.15, 0.2) is 27.1 Å². The van der Waals surface area contributed by atoms with E-state index in [0.29, 0.717) is 5.71 Å². The summed E-state index contributed by atoms with van der Waals surface area (Å²) in [7, 11) is 0. The van der Waals surface area contributed by atoms with Crippen LogP contribution in [0.25, 0.3) is 0 Å². The average Bonchev–Trinajstić information content (AvgIpc) is 2.27. The molecule has 1 unspecified atom stereocenters. The lowest BCUT2D eigenvalue weighted by atomic mass is 10.0. The number of nitrogens with zero attached hydrogens (tertiary/aromatic N) is 1. The highest BCUT2D eigenvalue weighted by atomic mass is 79.9. The van der Waals surface area contributed by atoms with Crippen LogP contribution in [0, 0.1) is 0 Å². The Hall–Kier alpha value is -0.360. The van der Waals surface area contributed by atoms with E-state index in [1.807, 2.05) is 45.9 Å². The van der Waals surface area contributed by atoms with E-state index >= 15 is 0 Å². The highest BCUT2D eigenvalue weighted by molar-refractivity contribution is 9.10. The number of aliphatic hydroxyl groups is 1. The molecule has 0 heterocycles. The second kappa shape index (κ2) is 6.19. The summed E-state index contributed by atoms with van der Waals surface area (Å²) in [6, 6.07) is 5.59. The number of halogens is 1. The minimum Gasteiger partial charge on any atom is -0.591 e. The summed E-state index contributed by atoms with van der Waals surface area (Å²) in [5, 5.41) is 9.33. The molecule has 0 fully saturated rings. The van der Waals surface area contributed by atoms with Gasteiger partial charge in [-0.15, -0.1) is 0 Å². The lowest BCUT2D eigenvalue weighted by Gasteiger charge is -2.19. The van der Waals surface area contributed by atoms with Crippen LogP contribution < -0.4 is 0 Å². The first-order valence-corrected chi connectivity index (χ1v) is 7.52. The maximum atomic E-state index is 12.0. The second-order valence-corrected chi connectivity index (χ2v) is 7.82. The topological polar surface area (TPSA) is 55.7 Å². The van der Waals surface area contributed by atoms with Crippen LogP contribution in [-0.2, 0) is 18.0 Å². The van der Waals surface area contributed by atoms with Gasteiger partial charge in [-0.2, -0.15) is 0 Å². The Labute approximate surface area is 120 Å². The molecule has 0 saturated carbocycles. The van der Waals surface area contributed by atoms with E-state index in [1.165, 1.54) is 0 Å². The van der Waals surface area contributed by atoms with Crippen molar-refractivity contribution in [1.29, 1.82) is 0 Å². The molecule has 0 aliphatic heterocycles. The minimum absolute atomic E-state index is 0.0657. The Balaban J connectivity index is 3.11. The number of aliphatic hydroxyl groups excluding tert-OH is 1. The number of hydrogen-bond donors (Lipinski definition) is 1. The van der Waals surface area contributed by atoms with Crippen LogP contribution in [0.4, 0.5) is 0 Å². The Kier molecular flexibility index (Phi) is 5.40. The van der Waals surface area contributed by atoms with Crippen molar-refractivity contribution in [2.75, 3.05) is 0 Å². The van der Waals surface area contributed by atoms with Gasteiger partial charge in [-0.3, -0.25) is 0 Å². The highest BCUT2D eigenvalue weighted by Crippen LogP contribution is 2.21. The summed E-state index contributed by atoms with van der Waals surface area (Å²) in [6.45, 7) is 7.40. The molecule has 100 valence electrons. The molecule has 0 saturated heterocycles. The van der Waals surface area contributed by atoms with Gasteiger partial charge in [0.25, 0.3) is 0 Å². The predicted molar refractivity (Wildman–Crippen MR) is 80.2 cm³/mol. The highest BCUT2D eigenvalue weighted by Gasteiger charge is 2.27. The van der Waals surface area contributed by atoms with Crippen LogP contribution in [0.5, 0.6) is 0 Å². The maximum absolute atomic E-state index is 12.0. The summed E-state index contributed by atoms with van der Waals surface area (Å²) in [4.78, 5) is 0. The molecule has 0 bridgehead atoms. The summed E-state index contributed by atoms with van der Waals surface area (Å²) in [5.41, 5.74) is 2.29. The van der Waals surface area contributed by atoms with Crippen molar-refractivity contribution < 1.29 is 9.66 Å². The molecular formula is C13H18BrNO2S. The molecule has 0 amide bonds. The zero-order valence-electron chi connectivity index (χ0n) is 11.0. The molecule has 1 rings (SSSR count). The van der Waals surface area contributed by atoms with Crippen LogP contribution in [0.2, 0.25) is 0 Å². The fourth-order valence-corrected chi connectivity index (χ4v) is 2.39. The zero-order valence-corrected chi connectivity index (χ0v) is 13.4. The van der Waals surface area contributed by atoms with Crippen molar-refractivity contribution in [2.24, 2.45) is 4.40 Å². The largest absolute Gasteiger partial charge is 0.591 e. The van der Waals surface area contributed by atoms with Gasteiger partial charge in [0.05, 0.1) is 12.3 Å². The molecule has 5 heteroatoms. The van der Waals surface area contributed by atoms with Gasteiger partial charge < -0.3 is 9.66 Å². The molecule has 1 atom stereocenters. The van der Waals surface area contributed by atoms with E-state index in [4.69, 9.17) is 0 Å². The molecule has 0 aromatic heterocycles. The lowest BCUT2D eigenvalue weighted by molar-refractivity contribution is 0.281. The Bertz CT molecular complexity index is 455. The third-order valence-electron chi connectivity index (χ3n) is 2.37. The summed E-state index contributed by atoms with van der Waals surface area (Å²) in [5.74, 6) is 0. The molecular weight excluding hydrogens is 314 g/mol. The van der Waals surface area contributed by atoms with Crippen molar-refractivity contribution in [3.8, 4) is 0 Å². The lowest BCUT2D eigenvalue weighted by Crippen LogP contribution is -2.26. The van der Waals surface area contributed by atoms with Crippen molar-refractivity contribution in [3.63, 3.8) is 0 Å². The third kappa shape index (κ3) is 4.09. The van der Waals surface area contributed by atoms with Crippen LogP contribution in [-0.4, -0.2) is 20.1 Å². The molecule has 1 aromatic carbocycles. The fraction of sp³-hybridized carbons (Fsp3) is 0.462. The molecule has 0 aliphatic carbocycles. The third-order valence-corrected chi connectivity index (χ3v) is 4.35. The van der Waals surface area contributed by atoms with E-state index in [2.05, 4.69) is 20.3 Å². The molecule has 1 N–H and O–H groups in total. The number of hydrogen-bond acceptors (Lipinski definition) is 3. The van der Waals surface area contributed by atoms with E-state index in [1.54, 1.807) is 0 Å².